The molecule has 126 valence electrons. The summed E-state index contributed by atoms with van der Waals surface area (Å²) in [6, 6.07) is 9.72. The van der Waals surface area contributed by atoms with Crippen molar-refractivity contribution in [3.63, 3.8) is 0 Å². The Morgan fingerprint density at radius 2 is 1.70 bits per heavy atom. The van der Waals surface area contributed by atoms with E-state index in [1.807, 2.05) is 0 Å². The van der Waals surface area contributed by atoms with Crippen molar-refractivity contribution in [2.45, 2.75) is 25.9 Å². The van der Waals surface area contributed by atoms with Gasteiger partial charge < -0.3 is 20.4 Å². The third kappa shape index (κ3) is 7.30. The Kier molecular flexibility index (Phi) is 7.77. The summed E-state index contributed by atoms with van der Waals surface area (Å²) < 4.78 is 1.14. The monoisotopic (exact) mass is 384 g/mol. The number of anilines is 1. The molecule has 0 aliphatic carbocycles. The van der Waals surface area contributed by atoms with Crippen molar-refractivity contribution in [3.05, 3.63) is 40.9 Å². The molecule has 0 amide bonds. The molecule has 1 aromatic carbocycles. The summed E-state index contributed by atoms with van der Waals surface area (Å²) in [5, 5.41) is 19.1. The van der Waals surface area contributed by atoms with Crippen molar-refractivity contribution in [2.24, 2.45) is 0 Å². The Morgan fingerprint density at radius 3 is 2.17 bits per heavy atom. The van der Waals surface area contributed by atoms with Gasteiger partial charge in [-0.3, -0.25) is 0 Å². The highest BCUT2D eigenvalue weighted by atomic mass is 79.9. The lowest BCUT2D eigenvalue weighted by Crippen LogP contribution is -2.54. The molecule has 1 aromatic rings. The molecule has 2 atom stereocenters. The Balaban J connectivity index is 0.000000284. The predicted molar refractivity (Wildman–Crippen MR) is 92.8 cm³/mol. The highest BCUT2D eigenvalue weighted by Crippen LogP contribution is 2.22. The van der Waals surface area contributed by atoms with Crippen molar-refractivity contribution in [2.75, 3.05) is 18.0 Å². The van der Waals surface area contributed by atoms with Crippen LogP contribution in [0.15, 0.2) is 40.9 Å². The van der Waals surface area contributed by atoms with Gasteiger partial charge in [-0.15, -0.1) is 0 Å². The standard InChI is InChI=1S/C12H17BrN2.C4H4O4/c1-9-8-15(10(2)7-14-9)12-5-3-11(13)4-6-12;5-3(6)1-2-4(7)8/h3-6,9-10,14H,7-8H2,1-2H3;1-2H,(H,5,6)(H,7,8)/b;2-1+/t9-,10+;/m1./s1. The number of piperazine rings is 1. The van der Waals surface area contributed by atoms with E-state index < -0.39 is 11.9 Å². The van der Waals surface area contributed by atoms with Gasteiger partial charge in [0.05, 0.1) is 0 Å². The van der Waals surface area contributed by atoms with E-state index in [2.05, 4.69) is 64.3 Å². The molecule has 0 spiro atoms. The quantitative estimate of drug-likeness (QED) is 0.693. The first-order valence-corrected chi connectivity index (χ1v) is 7.98. The second-order valence-corrected chi connectivity index (χ2v) is 6.21. The van der Waals surface area contributed by atoms with Gasteiger partial charge in [-0.05, 0) is 38.1 Å². The Hall–Kier alpha value is -1.86. The minimum absolute atomic E-state index is 0.558. The van der Waals surface area contributed by atoms with Gasteiger partial charge in [0.25, 0.3) is 0 Å². The highest BCUT2D eigenvalue weighted by Gasteiger charge is 2.22. The number of benzene rings is 1. The largest absolute Gasteiger partial charge is 0.478 e. The van der Waals surface area contributed by atoms with Crippen LogP contribution in [0, 0.1) is 0 Å². The normalized spacial score (nSPS) is 20.7. The van der Waals surface area contributed by atoms with Crippen LogP contribution < -0.4 is 10.2 Å². The van der Waals surface area contributed by atoms with Crippen LogP contribution >= 0.6 is 15.9 Å². The molecule has 1 aliphatic heterocycles. The van der Waals surface area contributed by atoms with Gasteiger partial charge in [-0.25, -0.2) is 9.59 Å². The molecule has 0 radical (unpaired) electrons. The summed E-state index contributed by atoms with van der Waals surface area (Å²) in [5.41, 5.74) is 1.32. The van der Waals surface area contributed by atoms with E-state index in [9.17, 15) is 9.59 Å². The van der Waals surface area contributed by atoms with E-state index in [1.54, 1.807) is 0 Å². The first-order chi connectivity index (χ1) is 10.8. The van der Waals surface area contributed by atoms with E-state index in [1.165, 1.54) is 5.69 Å². The number of rotatable bonds is 3. The molecule has 1 aliphatic rings. The van der Waals surface area contributed by atoms with Crippen molar-refractivity contribution in [3.8, 4) is 0 Å². The average molecular weight is 385 g/mol. The summed E-state index contributed by atoms with van der Waals surface area (Å²) in [6.07, 6.45) is 1.12. The fraction of sp³-hybridized carbons (Fsp3) is 0.375. The van der Waals surface area contributed by atoms with Gasteiger partial charge >= 0.3 is 11.9 Å². The number of carboxylic acid groups (broad SMARTS) is 2. The molecule has 23 heavy (non-hydrogen) atoms. The van der Waals surface area contributed by atoms with Gasteiger partial charge in [0.15, 0.2) is 0 Å². The van der Waals surface area contributed by atoms with Crippen LogP contribution in [-0.4, -0.2) is 47.3 Å². The SMILES string of the molecule is C[C@@H]1CN(c2ccc(Br)cc2)[C@@H](C)CN1.O=C(O)/C=C/C(=O)O. The van der Waals surface area contributed by atoms with E-state index in [4.69, 9.17) is 10.2 Å². The van der Waals surface area contributed by atoms with E-state index in [0.717, 1.165) is 17.6 Å². The van der Waals surface area contributed by atoms with Gasteiger partial charge in [-0.1, -0.05) is 15.9 Å². The number of nitrogens with zero attached hydrogens (tertiary/aromatic N) is 1. The Morgan fingerprint density at radius 1 is 1.17 bits per heavy atom. The van der Waals surface area contributed by atoms with E-state index in [0.29, 0.717) is 24.2 Å². The van der Waals surface area contributed by atoms with Crippen LogP contribution in [0.25, 0.3) is 0 Å². The number of hydrogen-bond donors (Lipinski definition) is 3. The maximum atomic E-state index is 9.55. The molecule has 0 bridgehead atoms. The van der Waals surface area contributed by atoms with Crippen molar-refractivity contribution >= 4 is 33.6 Å². The average Bonchev–Trinajstić information content (AvgIpc) is 2.49. The molecular formula is C16H21BrN2O4. The Bertz CT molecular complexity index is 544. The summed E-state index contributed by atoms with van der Waals surface area (Å²) >= 11 is 3.47. The predicted octanol–water partition coefficient (Wildman–Crippen LogP) is 2.35. The van der Waals surface area contributed by atoms with Gasteiger partial charge in [0.2, 0.25) is 0 Å². The smallest absolute Gasteiger partial charge is 0.328 e. The van der Waals surface area contributed by atoms with E-state index >= 15 is 0 Å². The molecule has 0 saturated carbocycles. The second kappa shape index (κ2) is 9.32. The van der Waals surface area contributed by atoms with Crippen LogP contribution in [0.5, 0.6) is 0 Å². The maximum absolute atomic E-state index is 9.55. The molecule has 1 fully saturated rings. The number of halogens is 1. The fourth-order valence-electron chi connectivity index (χ4n) is 2.16. The van der Waals surface area contributed by atoms with Crippen LogP contribution in [0.3, 0.4) is 0 Å². The lowest BCUT2D eigenvalue weighted by Gasteiger charge is -2.39. The van der Waals surface area contributed by atoms with Crippen LogP contribution in [0.2, 0.25) is 0 Å². The highest BCUT2D eigenvalue weighted by molar-refractivity contribution is 9.10. The van der Waals surface area contributed by atoms with Crippen molar-refractivity contribution < 1.29 is 19.8 Å². The van der Waals surface area contributed by atoms with Crippen LogP contribution in [0.4, 0.5) is 5.69 Å². The molecule has 1 heterocycles. The lowest BCUT2D eigenvalue weighted by atomic mass is 10.1. The lowest BCUT2D eigenvalue weighted by molar-refractivity contribution is -0.134. The zero-order chi connectivity index (χ0) is 17.4. The molecule has 0 unspecified atom stereocenters. The topological polar surface area (TPSA) is 89.9 Å². The molecular weight excluding hydrogens is 364 g/mol. The third-order valence-electron chi connectivity index (χ3n) is 3.29. The maximum Gasteiger partial charge on any atom is 0.328 e. The number of hydrogen-bond acceptors (Lipinski definition) is 4. The number of nitrogens with one attached hydrogen (secondary N) is 1. The van der Waals surface area contributed by atoms with E-state index in [-0.39, 0.29) is 0 Å². The molecule has 7 heteroatoms. The zero-order valence-electron chi connectivity index (χ0n) is 13.1. The van der Waals surface area contributed by atoms with Gasteiger partial charge in [0.1, 0.15) is 0 Å². The van der Waals surface area contributed by atoms with Gasteiger partial charge in [-0.2, -0.15) is 0 Å². The van der Waals surface area contributed by atoms with Gasteiger partial charge in [0, 0.05) is 47.5 Å². The molecule has 3 N–H and O–H groups in total. The number of carboxylic acids is 2. The summed E-state index contributed by atoms with van der Waals surface area (Å²) in [5.74, 6) is -2.51. The minimum Gasteiger partial charge on any atom is -0.478 e. The first-order valence-electron chi connectivity index (χ1n) is 7.19. The minimum atomic E-state index is -1.26. The molecule has 2 rings (SSSR count). The van der Waals surface area contributed by atoms with Crippen LogP contribution in [0.1, 0.15) is 13.8 Å². The fourth-order valence-corrected chi connectivity index (χ4v) is 2.42. The van der Waals surface area contributed by atoms with Crippen molar-refractivity contribution in [1.82, 2.24) is 5.32 Å². The summed E-state index contributed by atoms with van der Waals surface area (Å²) in [4.78, 5) is 21.6. The molecule has 1 saturated heterocycles. The summed E-state index contributed by atoms with van der Waals surface area (Å²) in [6.45, 7) is 6.65. The second-order valence-electron chi connectivity index (χ2n) is 5.30. The summed E-state index contributed by atoms with van der Waals surface area (Å²) in [7, 11) is 0. The molecule has 6 nitrogen and oxygen atoms in total. The van der Waals surface area contributed by atoms with Crippen LogP contribution in [-0.2, 0) is 9.59 Å². The number of carbonyl (C=O) groups is 2. The molecule has 0 aromatic heterocycles. The number of aliphatic carboxylic acids is 2. The van der Waals surface area contributed by atoms with Crippen molar-refractivity contribution in [1.29, 1.82) is 0 Å². The zero-order valence-corrected chi connectivity index (χ0v) is 14.7. The first kappa shape index (κ1) is 19.2. The third-order valence-corrected chi connectivity index (χ3v) is 3.82. The Labute approximate surface area is 143 Å².